The molecule has 0 aromatic heterocycles. The van der Waals surface area contributed by atoms with Crippen LogP contribution in [0.2, 0.25) is 0 Å². The van der Waals surface area contributed by atoms with Crippen LogP contribution in [-0.4, -0.2) is 13.1 Å². The second-order valence-electron chi connectivity index (χ2n) is 3.48. The molecule has 1 rings (SSSR count). The van der Waals surface area contributed by atoms with E-state index in [1.807, 2.05) is 25.1 Å². The Hall–Kier alpha value is -1.54. The minimum Gasteiger partial charge on any atom is -0.298 e. The molecule has 0 aliphatic heterocycles. The Morgan fingerprint density at radius 2 is 2.41 bits per heavy atom. The van der Waals surface area contributed by atoms with Gasteiger partial charge in [-0.1, -0.05) is 33.2 Å². The number of halogens is 1. The van der Waals surface area contributed by atoms with E-state index < -0.39 is 0 Å². The highest BCUT2D eigenvalue weighted by molar-refractivity contribution is 9.10. The van der Waals surface area contributed by atoms with Crippen LogP contribution in [0.15, 0.2) is 27.8 Å². The van der Waals surface area contributed by atoms with Crippen molar-refractivity contribution < 1.29 is 0 Å². The minimum absolute atomic E-state index is 0.335. The summed E-state index contributed by atoms with van der Waals surface area (Å²) in [6.45, 7) is 2.81. The van der Waals surface area contributed by atoms with Gasteiger partial charge >= 0.3 is 0 Å². The molecule has 1 N–H and O–H groups in total. The van der Waals surface area contributed by atoms with Crippen molar-refractivity contribution in [1.29, 1.82) is 5.26 Å². The summed E-state index contributed by atoms with van der Waals surface area (Å²) in [6, 6.07) is 7.58. The summed E-state index contributed by atoms with van der Waals surface area (Å²) in [7, 11) is 0. The molecule has 1 aromatic carbocycles. The van der Waals surface area contributed by atoms with Crippen molar-refractivity contribution in [3.05, 3.63) is 44.2 Å². The number of hydrogen-bond acceptors (Lipinski definition) is 3. The minimum atomic E-state index is -0.388. The number of aryl methyl sites for hydroxylation is 1. The number of azide groups is 1. The van der Waals surface area contributed by atoms with Gasteiger partial charge in [0.25, 0.3) is 0 Å². The fourth-order valence-corrected chi connectivity index (χ4v) is 1.73. The molecule has 0 aliphatic rings. The normalized spacial score (nSPS) is 11.4. The Morgan fingerprint density at radius 3 is 3.00 bits per heavy atom. The molecule has 0 spiro atoms. The molecule has 0 amide bonds. The smallest absolute Gasteiger partial charge is 0.121 e. The van der Waals surface area contributed by atoms with Crippen LogP contribution in [-0.2, 0) is 0 Å². The molecule has 0 bridgehead atoms. The maximum absolute atomic E-state index is 9.06. The molecule has 0 aliphatic carbocycles. The van der Waals surface area contributed by atoms with Crippen LogP contribution in [0.4, 0.5) is 0 Å². The third kappa shape index (κ3) is 4.08. The molecule has 0 fully saturated rings. The summed E-state index contributed by atoms with van der Waals surface area (Å²) in [5.41, 5.74) is 10.2. The van der Waals surface area contributed by atoms with Crippen molar-refractivity contribution >= 4 is 15.9 Å². The Kier molecular flexibility index (Phi) is 5.50. The molecule has 1 atom stereocenters. The predicted molar refractivity (Wildman–Crippen MR) is 69.2 cm³/mol. The first-order valence-electron chi connectivity index (χ1n) is 5.09. The number of rotatable bonds is 5. The third-order valence-corrected chi connectivity index (χ3v) is 3.14. The molecule has 0 saturated heterocycles. The topological polar surface area (TPSA) is 84.6 Å². The van der Waals surface area contributed by atoms with E-state index in [0.717, 1.165) is 15.6 Å². The van der Waals surface area contributed by atoms with Gasteiger partial charge < -0.3 is 0 Å². The highest BCUT2D eigenvalue weighted by Gasteiger charge is 2.10. The Labute approximate surface area is 108 Å². The Bertz CT molecular complexity index is 473. The van der Waals surface area contributed by atoms with Crippen LogP contribution in [0.3, 0.4) is 0 Å². The number of nitriles is 1. The Balaban J connectivity index is 2.70. The van der Waals surface area contributed by atoms with E-state index in [4.69, 9.17) is 10.8 Å². The van der Waals surface area contributed by atoms with Gasteiger partial charge in [-0.3, -0.25) is 5.32 Å². The average molecular weight is 294 g/mol. The standard InChI is InChI=1S/C11H12BrN5/c1-8-2-3-9(6-10(8)12)11(7-13)15-4-5-16-17-14/h2-3,6,11,15H,4-5H2,1H3. The van der Waals surface area contributed by atoms with Gasteiger partial charge in [0.05, 0.1) is 6.07 Å². The fourth-order valence-electron chi connectivity index (χ4n) is 1.33. The summed E-state index contributed by atoms with van der Waals surface area (Å²) < 4.78 is 0.979. The maximum Gasteiger partial charge on any atom is 0.121 e. The van der Waals surface area contributed by atoms with E-state index >= 15 is 0 Å². The SMILES string of the molecule is Cc1ccc(C(C#N)NCCN=[N+]=[N-])cc1Br. The second-order valence-corrected chi connectivity index (χ2v) is 4.33. The van der Waals surface area contributed by atoms with Crippen molar-refractivity contribution in [1.82, 2.24) is 5.32 Å². The molecule has 0 saturated carbocycles. The highest BCUT2D eigenvalue weighted by Crippen LogP contribution is 2.21. The molecule has 6 heteroatoms. The van der Waals surface area contributed by atoms with Crippen LogP contribution >= 0.6 is 15.9 Å². The van der Waals surface area contributed by atoms with Crippen molar-refractivity contribution in [3.63, 3.8) is 0 Å². The van der Waals surface area contributed by atoms with Gasteiger partial charge in [0.15, 0.2) is 0 Å². The van der Waals surface area contributed by atoms with Crippen LogP contribution < -0.4 is 5.32 Å². The largest absolute Gasteiger partial charge is 0.298 e. The van der Waals surface area contributed by atoms with Crippen LogP contribution in [0.5, 0.6) is 0 Å². The van der Waals surface area contributed by atoms with Gasteiger partial charge in [0, 0.05) is 22.5 Å². The van der Waals surface area contributed by atoms with Gasteiger partial charge in [-0.05, 0) is 29.6 Å². The van der Waals surface area contributed by atoms with Crippen LogP contribution in [0.1, 0.15) is 17.2 Å². The maximum atomic E-state index is 9.06. The van der Waals surface area contributed by atoms with Crippen molar-refractivity contribution in [2.45, 2.75) is 13.0 Å². The third-order valence-electron chi connectivity index (χ3n) is 2.28. The van der Waals surface area contributed by atoms with E-state index in [0.29, 0.717) is 13.1 Å². The predicted octanol–water partition coefficient (Wildman–Crippen LogP) is 3.22. The van der Waals surface area contributed by atoms with Crippen LogP contribution in [0.25, 0.3) is 10.4 Å². The molecule has 17 heavy (non-hydrogen) atoms. The van der Waals surface area contributed by atoms with E-state index in [2.05, 4.69) is 37.3 Å². The number of benzene rings is 1. The Morgan fingerprint density at radius 1 is 1.65 bits per heavy atom. The molecular weight excluding hydrogens is 282 g/mol. The summed E-state index contributed by atoms with van der Waals surface area (Å²) >= 11 is 3.43. The van der Waals surface area contributed by atoms with Crippen molar-refractivity contribution in [2.75, 3.05) is 13.1 Å². The second kappa shape index (κ2) is 6.92. The van der Waals surface area contributed by atoms with E-state index in [1.165, 1.54) is 0 Å². The average Bonchev–Trinajstić information content (AvgIpc) is 2.33. The zero-order valence-electron chi connectivity index (χ0n) is 9.39. The van der Waals surface area contributed by atoms with Crippen LogP contribution in [0, 0.1) is 18.3 Å². The van der Waals surface area contributed by atoms with Crippen molar-refractivity contribution in [3.8, 4) is 6.07 Å². The molecule has 88 valence electrons. The zero-order chi connectivity index (χ0) is 12.7. The van der Waals surface area contributed by atoms with Gasteiger partial charge in [0.2, 0.25) is 0 Å². The zero-order valence-corrected chi connectivity index (χ0v) is 11.0. The van der Waals surface area contributed by atoms with Gasteiger partial charge in [-0.15, -0.1) is 0 Å². The number of nitrogens with zero attached hydrogens (tertiary/aromatic N) is 4. The summed E-state index contributed by atoms with van der Waals surface area (Å²) in [6.07, 6.45) is 0. The van der Waals surface area contributed by atoms with Gasteiger partial charge in [-0.2, -0.15) is 5.26 Å². The first-order valence-corrected chi connectivity index (χ1v) is 5.88. The number of hydrogen-bond donors (Lipinski definition) is 1. The van der Waals surface area contributed by atoms with Gasteiger partial charge in [-0.25, -0.2) is 0 Å². The van der Waals surface area contributed by atoms with Gasteiger partial charge in [0.1, 0.15) is 6.04 Å². The molecule has 5 nitrogen and oxygen atoms in total. The fraction of sp³-hybridized carbons (Fsp3) is 0.364. The molecule has 1 unspecified atom stereocenters. The van der Waals surface area contributed by atoms with E-state index in [1.54, 1.807) is 0 Å². The van der Waals surface area contributed by atoms with Crippen molar-refractivity contribution in [2.24, 2.45) is 5.11 Å². The highest BCUT2D eigenvalue weighted by atomic mass is 79.9. The quantitative estimate of drug-likeness (QED) is 0.391. The first-order chi connectivity index (χ1) is 8.19. The lowest BCUT2D eigenvalue weighted by molar-refractivity contribution is 0.635. The monoisotopic (exact) mass is 293 g/mol. The molecule has 0 heterocycles. The summed E-state index contributed by atoms with van der Waals surface area (Å²) in [4.78, 5) is 2.65. The molecular formula is C11H12BrN5. The lowest BCUT2D eigenvalue weighted by atomic mass is 10.1. The molecule has 1 aromatic rings. The summed E-state index contributed by atoms with van der Waals surface area (Å²) in [5.74, 6) is 0. The lowest BCUT2D eigenvalue weighted by Gasteiger charge is -2.12. The molecule has 0 radical (unpaired) electrons. The number of nitrogens with one attached hydrogen (secondary N) is 1. The lowest BCUT2D eigenvalue weighted by Crippen LogP contribution is -2.22. The van der Waals surface area contributed by atoms with E-state index in [-0.39, 0.29) is 6.04 Å². The summed E-state index contributed by atoms with van der Waals surface area (Å²) in [5, 5.41) is 15.5. The first kappa shape index (κ1) is 13.5. The van der Waals surface area contributed by atoms with E-state index in [9.17, 15) is 0 Å².